The van der Waals surface area contributed by atoms with Gasteiger partial charge in [-0.05, 0) is 18.6 Å². The van der Waals surface area contributed by atoms with Crippen molar-refractivity contribution in [3.05, 3.63) is 30.3 Å². The van der Waals surface area contributed by atoms with E-state index in [1.165, 1.54) is 0 Å². The molecule has 0 radical (unpaired) electrons. The smallest absolute Gasteiger partial charge is 0.326 e. The molecule has 1 heterocycles. The molecule has 21 heavy (non-hydrogen) atoms. The van der Waals surface area contributed by atoms with E-state index in [1.54, 1.807) is 11.8 Å². The zero-order chi connectivity index (χ0) is 15.2. The standard InChI is InChI=1S/C15H21N3O3/c1-2-13(14(19)20)16-15(21)18-10-8-17(9-11-18)12-6-4-3-5-7-12/h3-7,13H,2,8-11H2,1H3,(H,16,21)(H,19,20)/t13-/m0/s1. The van der Waals surface area contributed by atoms with Crippen molar-refractivity contribution >= 4 is 17.7 Å². The van der Waals surface area contributed by atoms with Crippen LogP contribution in [0.1, 0.15) is 13.3 Å². The van der Waals surface area contributed by atoms with Crippen LogP contribution < -0.4 is 10.2 Å². The first-order chi connectivity index (χ1) is 10.1. The molecule has 1 saturated heterocycles. The van der Waals surface area contributed by atoms with Crippen LogP contribution in [-0.2, 0) is 4.79 Å². The van der Waals surface area contributed by atoms with Gasteiger partial charge in [0.1, 0.15) is 6.04 Å². The number of nitrogens with zero attached hydrogens (tertiary/aromatic N) is 2. The average molecular weight is 291 g/mol. The number of carboxylic acids is 1. The Morgan fingerprint density at radius 1 is 1.19 bits per heavy atom. The van der Waals surface area contributed by atoms with E-state index in [4.69, 9.17) is 5.11 Å². The molecule has 114 valence electrons. The van der Waals surface area contributed by atoms with Crippen LogP contribution in [0.2, 0.25) is 0 Å². The number of carboxylic acid groups (broad SMARTS) is 1. The number of carbonyl (C=O) groups is 2. The Kier molecular flexibility index (Phi) is 5.03. The number of rotatable bonds is 4. The van der Waals surface area contributed by atoms with Crippen LogP contribution in [0.5, 0.6) is 0 Å². The molecule has 2 rings (SSSR count). The summed E-state index contributed by atoms with van der Waals surface area (Å²) in [6, 6.07) is 8.95. The van der Waals surface area contributed by atoms with Gasteiger partial charge in [-0.2, -0.15) is 0 Å². The quantitative estimate of drug-likeness (QED) is 0.879. The Morgan fingerprint density at radius 3 is 2.33 bits per heavy atom. The van der Waals surface area contributed by atoms with Gasteiger partial charge in [0.15, 0.2) is 0 Å². The summed E-state index contributed by atoms with van der Waals surface area (Å²) in [6.07, 6.45) is 0.380. The second-order valence-corrected chi connectivity index (χ2v) is 5.06. The number of para-hydroxylation sites is 1. The lowest BCUT2D eigenvalue weighted by Gasteiger charge is -2.36. The third-order valence-corrected chi connectivity index (χ3v) is 3.69. The highest BCUT2D eigenvalue weighted by atomic mass is 16.4. The second-order valence-electron chi connectivity index (χ2n) is 5.06. The molecular weight excluding hydrogens is 270 g/mol. The van der Waals surface area contributed by atoms with E-state index < -0.39 is 12.0 Å². The van der Waals surface area contributed by atoms with Crippen LogP contribution in [0.3, 0.4) is 0 Å². The van der Waals surface area contributed by atoms with Gasteiger partial charge in [-0.3, -0.25) is 0 Å². The van der Waals surface area contributed by atoms with Gasteiger partial charge in [0, 0.05) is 31.9 Å². The summed E-state index contributed by atoms with van der Waals surface area (Å²) < 4.78 is 0. The summed E-state index contributed by atoms with van der Waals surface area (Å²) in [5, 5.41) is 11.5. The molecule has 1 fully saturated rings. The fraction of sp³-hybridized carbons (Fsp3) is 0.467. The van der Waals surface area contributed by atoms with E-state index in [9.17, 15) is 9.59 Å². The van der Waals surface area contributed by atoms with Gasteiger partial charge in [0.25, 0.3) is 0 Å². The number of anilines is 1. The van der Waals surface area contributed by atoms with Crippen molar-refractivity contribution in [3.63, 3.8) is 0 Å². The van der Waals surface area contributed by atoms with E-state index in [2.05, 4.69) is 10.2 Å². The van der Waals surface area contributed by atoms with Crippen LogP contribution >= 0.6 is 0 Å². The molecule has 6 nitrogen and oxygen atoms in total. The molecule has 0 bridgehead atoms. The molecule has 1 aromatic carbocycles. The zero-order valence-corrected chi connectivity index (χ0v) is 12.2. The maximum atomic E-state index is 12.0. The Balaban J connectivity index is 1.86. The van der Waals surface area contributed by atoms with Crippen molar-refractivity contribution in [3.8, 4) is 0 Å². The predicted octanol–water partition coefficient (Wildman–Crippen LogP) is 1.38. The highest BCUT2D eigenvalue weighted by Crippen LogP contribution is 2.15. The molecule has 6 heteroatoms. The Bertz CT molecular complexity index is 484. The summed E-state index contributed by atoms with van der Waals surface area (Å²) in [4.78, 5) is 26.9. The molecule has 0 saturated carbocycles. The SMILES string of the molecule is CC[C@H](NC(=O)N1CCN(c2ccccc2)CC1)C(=O)O. The number of nitrogens with one attached hydrogen (secondary N) is 1. The third-order valence-electron chi connectivity index (χ3n) is 3.69. The van der Waals surface area contributed by atoms with Crippen molar-refractivity contribution in [1.29, 1.82) is 0 Å². The summed E-state index contributed by atoms with van der Waals surface area (Å²) in [7, 11) is 0. The molecule has 0 aromatic heterocycles. The van der Waals surface area contributed by atoms with E-state index in [0.29, 0.717) is 19.5 Å². The lowest BCUT2D eigenvalue weighted by atomic mass is 10.2. The van der Waals surface area contributed by atoms with Crippen molar-refractivity contribution < 1.29 is 14.7 Å². The highest BCUT2D eigenvalue weighted by molar-refractivity contribution is 5.82. The number of carbonyl (C=O) groups excluding carboxylic acids is 1. The minimum absolute atomic E-state index is 0.294. The van der Waals surface area contributed by atoms with Crippen molar-refractivity contribution in [2.75, 3.05) is 31.1 Å². The van der Waals surface area contributed by atoms with Crippen molar-refractivity contribution in [2.24, 2.45) is 0 Å². The lowest BCUT2D eigenvalue weighted by Crippen LogP contribution is -2.54. The van der Waals surface area contributed by atoms with Gasteiger partial charge in [-0.1, -0.05) is 25.1 Å². The van der Waals surface area contributed by atoms with Gasteiger partial charge in [0.05, 0.1) is 0 Å². The maximum Gasteiger partial charge on any atom is 0.326 e. The molecule has 1 aliphatic rings. The normalized spacial score (nSPS) is 16.4. The number of aliphatic carboxylic acids is 1. The van der Waals surface area contributed by atoms with E-state index in [1.807, 2.05) is 30.3 Å². The molecule has 0 unspecified atom stereocenters. The fourth-order valence-electron chi connectivity index (χ4n) is 2.39. The van der Waals surface area contributed by atoms with E-state index >= 15 is 0 Å². The van der Waals surface area contributed by atoms with Crippen molar-refractivity contribution in [1.82, 2.24) is 10.2 Å². The van der Waals surface area contributed by atoms with Crippen LogP contribution in [0, 0.1) is 0 Å². The first-order valence-corrected chi connectivity index (χ1v) is 7.20. The molecule has 0 aliphatic carbocycles. The largest absolute Gasteiger partial charge is 0.480 e. The molecular formula is C15H21N3O3. The number of hydrogen-bond acceptors (Lipinski definition) is 3. The summed E-state index contributed by atoms with van der Waals surface area (Å²) in [5.41, 5.74) is 1.15. The third kappa shape index (κ3) is 3.87. The zero-order valence-electron chi connectivity index (χ0n) is 12.2. The van der Waals surface area contributed by atoms with Crippen LogP contribution in [0.15, 0.2) is 30.3 Å². The molecule has 2 amide bonds. The number of hydrogen-bond donors (Lipinski definition) is 2. The van der Waals surface area contributed by atoms with Crippen molar-refractivity contribution in [2.45, 2.75) is 19.4 Å². The van der Waals surface area contributed by atoms with Gasteiger partial charge >= 0.3 is 12.0 Å². The van der Waals surface area contributed by atoms with Crippen LogP contribution in [0.25, 0.3) is 0 Å². The van der Waals surface area contributed by atoms with E-state index in [-0.39, 0.29) is 6.03 Å². The number of benzene rings is 1. The highest BCUT2D eigenvalue weighted by Gasteiger charge is 2.24. The second kappa shape index (κ2) is 6.97. The van der Waals surface area contributed by atoms with Gasteiger partial charge in [0.2, 0.25) is 0 Å². The topological polar surface area (TPSA) is 72.9 Å². The monoisotopic (exact) mass is 291 g/mol. The van der Waals surface area contributed by atoms with Crippen LogP contribution in [-0.4, -0.2) is 54.2 Å². The number of amides is 2. The summed E-state index contributed by atoms with van der Waals surface area (Å²) in [5.74, 6) is -0.992. The first-order valence-electron chi connectivity index (χ1n) is 7.20. The average Bonchev–Trinajstić information content (AvgIpc) is 2.53. The minimum Gasteiger partial charge on any atom is -0.480 e. The number of urea groups is 1. The molecule has 1 atom stereocenters. The van der Waals surface area contributed by atoms with Gasteiger partial charge in [-0.15, -0.1) is 0 Å². The minimum atomic E-state index is -0.992. The maximum absolute atomic E-state index is 12.0. The van der Waals surface area contributed by atoms with Gasteiger partial charge < -0.3 is 20.2 Å². The molecule has 1 aromatic rings. The molecule has 1 aliphatic heterocycles. The van der Waals surface area contributed by atoms with E-state index in [0.717, 1.165) is 18.8 Å². The summed E-state index contributed by atoms with van der Waals surface area (Å²) >= 11 is 0. The Morgan fingerprint density at radius 2 is 1.81 bits per heavy atom. The lowest BCUT2D eigenvalue weighted by molar-refractivity contribution is -0.139. The fourth-order valence-corrected chi connectivity index (χ4v) is 2.39. The molecule has 2 N–H and O–H groups in total. The van der Waals surface area contributed by atoms with Crippen LogP contribution in [0.4, 0.5) is 10.5 Å². The predicted molar refractivity (Wildman–Crippen MR) is 80.5 cm³/mol. The number of piperazine rings is 1. The first kappa shape index (κ1) is 15.2. The summed E-state index contributed by atoms with van der Waals surface area (Å²) in [6.45, 7) is 4.43. The molecule has 0 spiro atoms. The Hall–Kier alpha value is -2.24. The van der Waals surface area contributed by atoms with Gasteiger partial charge in [-0.25, -0.2) is 9.59 Å². The Labute approximate surface area is 124 Å².